The van der Waals surface area contributed by atoms with E-state index in [0.717, 1.165) is 11.1 Å². The predicted molar refractivity (Wildman–Crippen MR) is 106 cm³/mol. The van der Waals surface area contributed by atoms with Crippen molar-refractivity contribution >= 4 is 17.6 Å². The lowest BCUT2D eigenvalue weighted by Crippen LogP contribution is -2.14. The summed E-state index contributed by atoms with van der Waals surface area (Å²) in [6, 6.07) is 13.0. The van der Waals surface area contributed by atoms with Crippen LogP contribution in [0.1, 0.15) is 61.7 Å². The van der Waals surface area contributed by atoms with Crippen molar-refractivity contribution in [2.75, 3.05) is 6.61 Å². The lowest BCUT2D eigenvalue weighted by molar-refractivity contribution is -0.112. The Hall–Kier alpha value is -2.68. The van der Waals surface area contributed by atoms with Gasteiger partial charge in [-0.3, -0.25) is 9.59 Å². The summed E-state index contributed by atoms with van der Waals surface area (Å²) in [6.45, 7) is 10.3. The number of ether oxygens (including phenoxy) is 1. The highest BCUT2D eigenvalue weighted by Crippen LogP contribution is 2.29. The minimum Gasteiger partial charge on any atom is -0.493 e. The molecule has 0 saturated heterocycles. The summed E-state index contributed by atoms with van der Waals surface area (Å²) >= 11 is 0. The van der Waals surface area contributed by atoms with E-state index in [9.17, 15) is 9.59 Å². The molecule has 0 aliphatic carbocycles. The molecule has 0 aliphatic rings. The van der Waals surface area contributed by atoms with E-state index in [-0.39, 0.29) is 17.0 Å². The smallest absolute Gasteiger partial charge is 0.196 e. The Bertz CT molecular complexity index is 822. The minimum absolute atomic E-state index is 0.00879. The summed E-state index contributed by atoms with van der Waals surface area (Å²) in [5.74, 6) is 0.526. The standard InChI is InChI=1S/C23H26O3/c1-6-26-21-14-13-19(23(3,4)5)15-20(21)22(25)18-11-9-17(10-12-18)8-7-16(2)24/h7-15H,6H2,1-5H3/b8-7+. The highest BCUT2D eigenvalue weighted by atomic mass is 16.5. The van der Waals surface area contributed by atoms with Gasteiger partial charge in [0.15, 0.2) is 11.6 Å². The molecule has 0 aliphatic heterocycles. The van der Waals surface area contributed by atoms with Crippen molar-refractivity contribution < 1.29 is 14.3 Å². The van der Waals surface area contributed by atoms with Crippen molar-refractivity contribution in [2.24, 2.45) is 0 Å². The Morgan fingerprint density at radius 2 is 1.69 bits per heavy atom. The van der Waals surface area contributed by atoms with Crippen LogP contribution in [0.3, 0.4) is 0 Å². The van der Waals surface area contributed by atoms with Gasteiger partial charge in [0.25, 0.3) is 0 Å². The molecule has 0 saturated carbocycles. The van der Waals surface area contributed by atoms with E-state index in [1.807, 2.05) is 37.3 Å². The van der Waals surface area contributed by atoms with Crippen LogP contribution in [0.2, 0.25) is 0 Å². The maximum absolute atomic E-state index is 13.0. The predicted octanol–water partition coefficient (Wildman–Crippen LogP) is 5.22. The van der Waals surface area contributed by atoms with Crippen LogP contribution in [0.25, 0.3) is 6.08 Å². The highest BCUT2D eigenvalue weighted by molar-refractivity contribution is 6.11. The molecule has 0 N–H and O–H groups in total. The van der Waals surface area contributed by atoms with Gasteiger partial charge in [0.05, 0.1) is 12.2 Å². The van der Waals surface area contributed by atoms with Gasteiger partial charge in [0.2, 0.25) is 0 Å². The van der Waals surface area contributed by atoms with E-state index in [2.05, 4.69) is 20.8 Å². The molecule has 136 valence electrons. The maximum Gasteiger partial charge on any atom is 0.196 e. The number of ketones is 2. The van der Waals surface area contributed by atoms with Crippen LogP contribution in [0.4, 0.5) is 0 Å². The van der Waals surface area contributed by atoms with Crippen molar-refractivity contribution in [1.82, 2.24) is 0 Å². The SMILES string of the molecule is CCOc1ccc(C(C)(C)C)cc1C(=O)c1ccc(/C=C/C(C)=O)cc1. The first-order valence-electron chi connectivity index (χ1n) is 8.83. The fourth-order valence-electron chi connectivity index (χ4n) is 2.57. The number of allylic oxidation sites excluding steroid dienone is 1. The second kappa shape index (κ2) is 8.13. The zero-order valence-corrected chi connectivity index (χ0v) is 16.1. The van der Waals surface area contributed by atoms with E-state index in [1.54, 1.807) is 18.2 Å². The summed E-state index contributed by atoms with van der Waals surface area (Å²) in [5.41, 5.74) is 3.08. The Labute approximate surface area is 155 Å². The molecule has 2 aromatic carbocycles. The monoisotopic (exact) mass is 350 g/mol. The average molecular weight is 350 g/mol. The summed E-state index contributed by atoms with van der Waals surface area (Å²) < 4.78 is 5.67. The third-order valence-corrected chi connectivity index (χ3v) is 4.07. The van der Waals surface area contributed by atoms with Gasteiger partial charge in [-0.05, 0) is 48.6 Å². The highest BCUT2D eigenvalue weighted by Gasteiger charge is 2.20. The van der Waals surface area contributed by atoms with Crippen molar-refractivity contribution in [1.29, 1.82) is 0 Å². The zero-order chi connectivity index (χ0) is 19.3. The molecule has 3 nitrogen and oxygen atoms in total. The second-order valence-electron chi connectivity index (χ2n) is 7.29. The van der Waals surface area contributed by atoms with Gasteiger partial charge in [-0.25, -0.2) is 0 Å². The lowest BCUT2D eigenvalue weighted by atomic mass is 9.85. The number of hydrogen-bond acceptors (Lipinski definition) is 3. The molecule has 0 aromatic heterocycles. The molecule has 0 amide bonds. The van der Waals surface area contributed by atoms with Crippen molar-refractivity contribution in [3.05, 3.63) is 70.8 Å². The van der Waals surface area contributed by atoms with Gasteiger partial charge >= 0.3 is 0 Å². The Morgan fingerprint density at radius 3 is 2.23 bits per heavy atom. The number of benzene rings is 2. The third kappa shape index (κ3) is 4.92. The summed E-state index contributed by atoms with van der Waals surface area (Å²) in [7, 11) is 0. The molecule has 0 bridgehead atoms. The van der Waals surface area contributed by atoms with Crippen LogP contribution >= 0.6 is 0 Å². The molecule has 0 atom stereocenters. The summed E-state index contributed by atoms with van der Waals surface area (Å²) in [5, 5.41) is 0. The van der Waals surface area contributed by atoms with Gasteiger partial charge in [-0.15, -0.1) is 0 Å². The van der Waals surface area contributed by atoms with E-state index in [1.165, 1.54) is 13.0 Å². The minimum atomic E-state index is -0.0679. The molecule has 2 aromatic rings. The molecule has 0 fully saturated rings. The first-order valence-corrected chi connectivity index (χ1v) is 8.83. The fraction of sp³-hybridized carbons (Fsp3) is 0.304. The van der Waals surface area contributed by atoms with Crippen molar-refractivity contribution in [3.8, 4) is 5.75 Å². The molecular formula is C23H26O3. The molecule has 0 unspecified atom stereocenters. The number of hydrogen-bond donors (Lipinski definition) is 0. The topological polar surface area (TPSA) is 43.4 Å². The summed E-state index contributed by atoms with van der Waals surface area (Å²) in [4.78, 5) is 24.1. The quantitative estimate of drug-likeness (QED) is 0.530. The molecule has 3 heteroatoms. The Kier molecular flexibility index (Phi) is 6.14. The first kappa shape index (κ1) is 19.6. The van der Waals surface area contributed by atoms with Crippen LogP contribution in [0, 0.1) is 0 Å². The first-order chi connectivity index (χ1) is 12.2. The summed E-state index contributed by atoms with van der Waals surface area (Å²) in [6.07, 6.45) is 3.25. The number of rotatable bonds is 6. The molecule has 0 heterocycles. The van der Waals surface area contributed by atoms with Gasteiger partial charge in [-0.2, -0.15) is 0 Å². The van der Waals surface area contributed by atoms with E-state index in [4.69, 9.17) is 4.74 Å². The molecule has 26 heavy (non-hydrogen) atoms. The molecule has 0 radical (unpaired) electrons. The van der Waals surface area contributed by atoms with Gasteiger partial charge < -0.3 is 4.74 Å². The van der Waals surface area contributed by atoms with E-state index < -0.39 is 0 Å². The van der Waals surface area contributed by atoms with E-state index >= 15 is 0 Å². The van der Waals surface area contributed by atoms with Crippen LogP contribution in [-0.2, 0) is 10.2 Å². The zero-order valence-electron chi connectivity index (χ0n) is 16.1. The van der Waals surface area contributed by atoms with Crippen molar-refractivity contribution in [2.45, 2.75) is 40.0 Å². The average Bonchev–Trinajstić information content (AvgIpc) is 2.59. The Balaban J connectivity index is 2.39. The lowest BCUT2D eigenvalue weighted by Gasteiger charge is -2.21. The van der Waals surface area contributed by atoms with Crippen LogP contribution in [0.5, 0.6) is 5.75 Å². The number of carbonyl (C=O) groups is 2. The van der Waals surface area contributed by atoms with Crippen LogP contribution < -0.4 is 4.74 Å². The third-order valence-electron chi connectivity index (χ3n) is 4.07. The molecule has 2 rings (SSSR count). The van der Waals surface area contributed by atoms with Crippen LogP contribution in [0.15, 0.2) is 48.5 Å². The second-order valence-corrected chi connectivity index (χ2v) is 7.29. The Morgan fingerprint density at radius 1 is 1.04 bits per heavy atom. The van der Waals surface area contributed by atoms with Gasteiger partial charge in [0, 0.05) is 5.56 Å². The largest absolute Gasteiger partial charge is 0.493 e. The van der Waals surface area contributed by atoms with Gasteiger partial charge in [0.1, 0.15) is 5.75 Å². The molecule has 0 spiro atoms. The van der Waals surface area contributed by atoms with Gasteiger partial charge in [-0.1, -0.05) is 57.2 Å². The molecular weight excluding hydrogens is 324 g/mol. The fourth-order valence-corrected chi connectivity index (χ4v) is 2.57. The number of carbonyl (C=O) groups excluding carboxylic acids is 2. The normalized spacial score (nSPS) is 11.6. The maximum atomic E-state index is 13.0. The van der Waals surface area contributed by atoms with E-state index in [0.29, 0.717) is 23.5 Å². The van der Waals surface area contributed by atoms with Crippen LogP contribution in [-0.4, -0.2) is 18.2 Å². The van der Waals surface area contributed by atoms with Crippen molar-refractivity contribution in [3.63, 3.8) is 0 Å².